The van der Waals surface area contributed by atoms with Crippen molar-refractivity contribution in [1.29, 1.82) is 0 Å². The van der Waals surface area contributed by atoms with E-state index in [0.717, 1.165) is 0 Å². The molecule has 3 heterocycles. The van der Waals surface area contributed by atoms with Crippen molar-refractivity contribution in [1.82, 2.24) is 9.55 Å². The topological polar surface area (TPSA) is 162 Å². The number of aryl methyl sites for hydroxylation is 2. The highest BCUT2D eigenvalue weighted by Gasteiger charge is 2.67. The van der Waals surface area contributed by atoms with E-state index in [0.29, 0.717) is 22.2 Å². The number of nitrogens with zero attached hydrogens (tertiary/aromatic N) is 2. The third-order valence-electron chi connectivity index (χ3n) is 9.35. The Balaban J connectivity index is 1.64. The minimum Gasteiger partial charge on any atom is -0.507 e. The van der Waals surface area contributed by atoms with E-state index in [1.165, 1.54) is 42.2 Å². The van der Waals surface area contributed by atoms with Gasteiger partial charge in [0, 0.05) is 41.2 Å². The Hall–Kier alpha value is -5.58. The van der Waals surface area contributed by atoms with Crippen LogP contribution in [0.1, 0.15) is 61.4 Å². The number of ketones is 1. The fraction of sp³-hybridized carbons (Fsp3) is 0.212. The number of carbonyl (C=O) groups excluding carboxylic acids is 3. The zero-order valence-corrected chi connectivity index (χ0v) is 23.5. The van der Waals surface area contributed by atoms with E-state index in [1.807, 2.05) is 0 Å². The van der Waals surface area contributed by atoms with Crippen LogP contribution in [0.2, 0.25) is 0 Å². The first-order valence-electron chi connectivity index (χ1n) is 13.9. The van der Waals surface area contributed by atoms with Gasteiger partial charge in [-0.3, -0.25) is 28.7 Å². The summed E-state index contributed by atoms with van der Waals surface area (Å²) in [7, 11) is 0. The van der Waals surface area contributed by atoms with E-state index in [2.05, 4.69) is 4.98 Å². The van der Waals surface area contributed by atoms with Crippen LogP contribution >= 0.6 is 0 Å². The van der Waals surface area contributed by atoms with E-state index in [9.17, 15) is 34.2 Å². The van der Waals surface area contributed by atoms with Gasteiger partial charge in [0.05, 0.1) is 28.6 Å². The van der Waals surface area contributed by atoms with Gasteiger partial charge >= 0.3 is 11.9 Å². The molecule has 11 nitrogen and oxygen atoms in total. The lowest BCUT2D eigenvalue weighted by Gasteiger charge is -2.44. The second-order valence-corrected chi connectivity index (χ2v) is 11.6. The Bertz CT molecular complexity index is 2330. The smallest absolute Gasteiger partial charge is 0.342 e. The number of fused-ring (bicyclic) bond motifs is 4. The van der Waals surface area contributed by atoms with Crippen LogP contribution in [0.4, 0.5) is 0 Å². The third-order valence-corrected chi connectivity index (χ3v) is 9.35. The standard InChI is InChI=1S/C33H22N2O9/c1-12-7-17(37)22-21-16(10-35(31(22)41)15-5-4-6-34-9-15)28(39)27-24(19(12)21)25-29(40)20-13(2)8-18(38)23-26(20)33(27,11-43-32(23)42)30(25)44-14(3)36/h4-10,25,30,38,41H,11H2,1-3H3/t25-,30-,33-/m0/s1. The van der Waals surface area contributed by atoms with Crippen LogP contribution in [-0.2, 0) is 19.7 Å². The Kier molecular flexibility index (Phi) is 4.91. The first-order chi connectivity index (χ1) is 21.0. The van der Waals surface area contributed by atoms with Gasteiger partial charge in [0.25, 0.3) is 0 Å². The minimum atomic E-state index is -1.64. The largest absolute Gasteiger partial charge is 0.507 e. The van der Waals surface area contributed by atoms with Crippen molar-refractivity contribution in [2.75, 3.05) is 6.61 Å². The molecular weight excluding hydrogens is 568 g/mol. The van der Waals surface area contributed by atoms with Crippen molar-refractivity contribution in [3.05, 3.63) is 102 Å². The molecule has 3 aromatic carbocycles. The number of aromatic hydroxyl groups is 2. The van der Waals surface area contributed by atoms with Crippen molar-refractivity contribution in [2.45, 2.75) is 38.2 Å². The van der Waals surface area contributed by atoms with Crippen LogP contribution in [0.25, 0.3) is 27.2 Å². The predicted octanol–water partition coefficient (Wildman–Crippen LogP) is 3.05. The van der Waals surface area contributed by atoms with Crippen molar-refractivity contribution in [3.8, 4) is 17.3 Å². The number of ether oxygens (including phenoxy) is 2. The maximum Gasteiger partial charge on any atom is 0.342 e. The van der Waals surface area contributed by atoms with Crippen LogP contribution in [0.3, 0.4) is 0 Å². The molecule has 2 aromatic heterocycles. The molecule has 3 atom stereocenters. The maximum absolute atomic E-state index is 14.9. The van der Waals surface area contributed by atoms with E-state index >= 15 is 0 Å². The summed E-state index contributed by atoms with van der Waals surface area (Å²) in [6, 6.07) is 5.92. The molecule has 2 N–H and O–H groups in total. The molecule has 0 radical (unpaired) electrons. The summed E-state index contributed by atoms with van der Waals surface area (Å²) >= 11 is 0. The molecule has 44 heavy (non-hydrogen) atoms. The summed E-state index contributed by atoms with van der Waals surface area (Å²) in [5.41, 5.74) is -1.25. The number of cyclic esters (lactones) is 1. The summed E-state index contributed by atoms with van der Waals surface area (Å²) in [4.78, 5) is 72.7. The number of esters is 2. The zero-order chi connectivity index (χ0) is 31.0. The quantitative estimate of drug-likeness (QED) is 0.292. The number of carbonyl (C=O) groups is 3. The fourth-order valence-corrected chi connectivity index (χ4v) is 7.87. The Morgan fingerprint density at radius 1 is 1.05 bits per heavy atom. The highest BCUT2D eigenvalue weighted by molar-refractivity contribution is 6.19. The SMILES string of the molecule is CC(=O)O[C@H]1[C@@H]2C(=O)c3c(C)cc(O)c4c3[C@@]1(COC4=O)c1c2c2c(C)cc(=O)c3c(O)n(-c4cccnc4)cc(c1=O)c23. The molecule has 2 bridgehead atoms. The average Bonchev–Trinajstić information content (AvgIpc) is 3.18. The summed E-state index contributed by atoms with van der Waals surface area (Å²) < 4.78 is 12.8. The van der Waals surface area contributed by atoms with Crippen molar-refractivity contribution < 1.29 is 34.1 Å². The second-order valence-electron chi connectivity index (χ2n) is 11.6. The zero-order valence-electron chi connectivity index (χ0n) is 23.5. The number of phenolic OH excluding ortho intramolecular Hbond substituents is 1. The van der Waals surface area contributed by atoms with Gasteiger partial charge in [0.1, 0.15) is 24.0 Å². The van der Waals surface area contributed by atoms with Gasteiger partial charge < -0.3 is 19.7 Å². The molecule has 11 heteroatoms. The monoisotopic (exact) mass is 590 g/mol. The molecule has 3 aliphatic rings. The van der Waals surface area contributed by atoms with Crippen molar-refractivity contribution >= 4 is 39.3 Å². The van der Waals surface area contributed by atoms with E-state index in [1.54, 1.807) is 26.0 Å². The minimum absolute atomic E-state index is 0.0593. The van der Waals surface area contributed by atoms with Gasteiger partial charge in [0.15, 0.2) is 16.6 Å². The lowest BCUT2D eigenvalue weighted by atomic mass is 9.63. The Morgan fingerprint density at radius 2 is 1.82 bits per heavy atom. The summed E-state index contributed by atoms with van der Waals surface area (Å²) in [6.45, 7) is 4.03. The number of Topliss-reactive ketones (excluding diaryl/α,β-unsaturated/α-hetero) is 1. The summed E-state index contributed by atoms with van der Waals surface area (Å²) in [5, 5.41) is 22.9. The van der Waals surface area contributed by atoms with E-state index < -0.39 is 64.3 Å². The van der Waals surface area contributed by atoms with E-state index in [4.69, 9.17) is 9.47 Å². The second kappa shape index (κ2) is 8.28. The lowest BCUT2D eigenvalue weighted by molar-refractivity contribution is -0.150. The highest BCUT2D eigenvalue weighted by Crippen LogP contribution is 2.61. The lowest BCUT2D eigenvalue weighted by Crippen LogP contribution is -2.55. The molecule has 1 aliphatic heterocycles. The van der Waals surface area contributed by atoms with Crippen LogP contribution in [0, 0.1) is 13.8 Å². The molecule has 0 fully saturated rings. The molecule has 5 aromatic rings. The number of benzene rings is 3. The Labute approximate surface area is 247 Å². The van der Waals surface area contributed by atoms with Gasteiger partial charge in [-0.05, 0) is 65.8 Å². The van der Waals surface area contributed by atoms with Gasteiger partial charge in [-0.15, -0.1) is 0 Å². The molecule has 8 rings (SSSR count). The third kappa shape index (κ3) is 2.86. The number of rotatable bonds is 2. The number of hydrogen-bond acceptors (Lipinski definition) is 10. The normalized spacial score (nSPS) is 21.3. The average molecular weight is 591 g/mol. The van der Waals surface area contributed by atoms with Crippen LogP contribution in [0.15, 0.2) is 52.4 Å². The summed E-state index contributed by atoms with van der Waals surface area (Å²) in [6.07, 6.45) is 3.11. The van der Waals surface area contributed by atoms with Crippen LogP contribution in [0.5, 0.6) is 11.6 Å². The molecular formula is C33H22N2O9. The van der Waals surface area contributed by atoms with Crippen LogP contribution in [-0.4, -0.2) is 50.2 Å². The van der Waals surface area contributed by atoms with Gasteiger partial charge in [0.2, 0.25) is 5.88 Å². The Morgan fingerprint density at radius 3 is 2.52 bits per heavy atom. The molecule has 0 saturated carbocycles. The van der Waals surface area contributed by atoms with Gasteiger partial charge in [-0.2, -0.15) is 0 Å². The fourth-order valence-electron chi connectivity index (χ4n) is 7.87. The molecule has 2 aliphatic carbocycles. The predicted molar refractivity (Wildman–Crippen MR) is 155 cm³/mol. The number of hydrogen-bond donors (Lipinski definition) is 2. The van der Waals surface area contributed by atoms with E-state index in [-0.39, 0.29) is 44.0 Å². The van der Waals surface area contributed by atoms with Gasteiger partial charge in [-0.1, -0.05) is 0 Å². The maximum atomic E-state index is 14.9. The van der Waals surface area contributed by atoms with Crippen LogP contribution < -0.4 is 10.9 Å². The molecule has 1 spiro atoms. The number of phenols is 1. The number of pyridine rings is 2. The molecule has 218 valence electrons. The van der Waals surface area contributed by atoms with Crippen molar-refractivity contribution in [3.63, 3.8) is 0 Å². The highest BCUT2D eigenvalue weighted by atomic mass is 16.6. The van der Waals surface area contributed by atoms with Crippen molar-refractivity contribution in [2.24, 2.45) is 0 Å². The number of aromatic nitrogens is 2. The molecule has 0 saturated heterocycles. The summed E-state index contributed by atoms with van der Waals surface area (Å²) in [5.74, 6) is -4.13. The first kappa shape index (κ1) is 26.1. The molecule has 0 amide bonds. The van der Waals surface area contributed by atoms with Gasteiger partial charge in [-0.25, -0.2) is 4.79 Å². The first-order valence-corrected chi connectivity index (χ1v) is 13.9. The molecule has 0 unspecified atom stereocenters.